The van der Waals surface area contributed by atoms with Gasteiger partial charge in [-0.1, -0.05) is 42.5 Å². The molecule has 158 valence electrons. The second-order valence-electron chi connectivity index (χ2n) is 7.91. The van der Waals surface area contributed by atoms with E-state index in [0.29, 0.717) is 13.1 Å². The van der Waals surface area contributed by atoms with Gasteiger partial charge in [-0.15, -0.1) is 0 Å². The Bertz CT molecular complexity index is 925. The highest BCUT2D eigenvalue weighted by Crippen LogP contribution is 2.37. The van der Waals surface area contributed by atoms with Crippen LogP contribution in [0, 0.1) is 0 Å². The molecule has 2 saturated heterocycles. The van der Waals surface area contributed by atoms with Crippen molar-refractivity contribution in [2.45, 2.75) is 25.2 Å². The average Bonchev–Trinajstić information content (AvgIpc) is 3.03. The predicted octanol–water partition coefficient (Wildman–Crippen LogP) is 0.321. The van der Waals surface area contributed by atoms with Crippen LogP contribution in [0.2, 0.25) is 0 Å². The summed E-state index contributed by atoms with van der Waals surface area (Å²) in [5.74, 6) is -1.09. The number of quaternary nitrogens is 2. The highest BCUT2D eigenvalue weighted by molar-refractivity contribution is 6.22. The maximum atomic E-state index is 13.4. The lowest BCUT2D eigenvalue weighted by Gasteiger charge is -2.32. The van der Waals surface area contributed by atoms with Crippen molar-refractivity contribution in [1.29, 1.82) is 0 Å². The van der Waals surface area contributed by atoms with Gasteiger partial charge in [0.05, 0.1) is 17.7 Å². The van der Waals surface area contributed by atoms with Crippen LogP contribution in [0.3, 0.4) is 0 Å². The number of benzene rings is 2. The van der Waals surface area contributed by atoms with Gasteiger partial charge in [0.1, 0.15) is 32.7 Å². The number of halogens is 3. The van der Waals surface area contributed by atoms with Crippen molar-refractivity contribution in [2.24, 2.45) is 0 Å². The molecule has 30 heavy (non-hydrogen) atoms. The summed E-state index contributed by atoms with van der Waals surface area (Å²) in [4.78, 5) is 28.6. The number of piperazine rings is 1. The summed E-state index contributed by atoms with van der Waals surface area (Å²) in [6, 6.07) is 14.3. The zero-order valence-electron chi connectivity index (χ0n) is 16.4. The predicted molar refractivity (Wildman–Crippen MR) is 104 cm³/mol. The quantitative estimate of drug-likeness (QED) is 0.702. The van der Waals surface area contributed by atoms with Gasteiger partial charge in [-0.2, -0.15) is 13.2 Å². The minimum Gasteiger partial charge on any atom is -0.322 e. The third kappa shape index (κ3) is 4.11. The molecule has 0 aliphatic carbocycles. The average molecular weight is 419 g/mol. The van der Waals surface area contributed by atoms with Gasteiger partial charge in [0.25, 0.3) is 5.91 Å². The molecular formula is C22H24F3N3O2+2. The van der Waals surface area contributed by atoms with E-state index in [9.17, 15) is 22.8 Å². The van der Waals surface area contributed by atoms with Crippen LogP contribution in [0.1, 0.15) is 17.5 Å². The van der Waals surface area contributed by atoms with Crippen LogP contribution in [0.15, 0.2) is 54.6 Å². The Hall–Kier alpha value is -2.71. The second kappa shape index (κ2) is 8.20. The number of nitrogens with zero attached hydrogens (tertiary/aromatic N) is 1. The summed E-state index contributed by atoms with van der Waals surface area (Å²) in [5.41, 5.74) is -0.0762. The van der Waals surface area contributed by atoms with E-state index in [1.807, 2.05) is 18.2 Å². The first-order valence-corrected chi connectivity index (χ1v) is 10.1. The van der Waals surface area contributed by atoms with Gasteiger partial charge in [0, 0.05) is 5.56 Å². The molecule has 2 aromatic rings. The lowest BCUT2D eigenvalue weighted by Crippen LogP contribution is -3.29. The number of rotatable bonds is 4. The molecule has 2 aliphatic heterocycles. The fourth-order valence-corrected chi connectivity index (χ4v) is 4.45. The Labute approximate surface area is 172 Å². The molecule has 1 atom stereocenters. The molecule has 2 aliphatic rings. The number of alkyl halides is 3. The SMILES string of the molecule is O=C1C[C@H]([NH+]2CC[NH+](Cc3ccccc3)CC2)C(=O)N1c1ccccc1C(F)(F)F. The number of para-hydroxylation sites is 1. The smallest absolute Gasteiger partial charge is 0.322 e. The van der Waals surface area contributed by atoms with Crippen molar-refractivity contribution >= 4 is 17.5 Å². The standard InChI is InChI=1S/C22H22F3N3O2/c23-22(24,25)17-8-4-5-9-18(17)28-20(29)14-19(21(28)30)27-12-10-26(11-13-27)15-16-6-2-1-3-7-16/h1-9,19H,10-15H2/p+2/t19-/m0/s1. The van der Waals surface area contributed by atoms with Crippen molar-refractivity contribution in [3.63, 3.8) is 0 Å². The van der Waals surface area contributed by atoms with Gasteiger partial charge < -0.3 is 9.80 Å². The van der Waals surface area contributed by atoms with E-state index >= 15 is 0 Å². The summed E-state index contributed by atoms with van der Waals surface area (Å²) in [5, 5.41) is 0. The summed E-state index contributed by atoms with van der Waals surface area (Å²) in [7, 11) is 0. The van der Waals surface area contributed by atoms with Crippen LogP contribution in [0.4, 0.5) is 18.9 Å². The highest BCUT2D eigenvalue weighted by atomic mass is 19.4. The number of amides is 2. The third-order valence-corrected chi connectivity index (χ3v) is 5.99. The van der Waals surface area contributed by atoms with E-state index in [4.69, 9.17) is 0 Å². The maximum absolute atomic E-state index is 13.4. The van der Waals surface area contributed by atoms with Crippen LogP contribution >= 0.6 is 0 Å². The first kappa shape index (κ1) is 20.6. The number of anilines is 1. The lowest BCUT2D eigenvalue weighted by atomic mass is 10.1. The summed E-state index contributed by atoms with van der Waals surface area (Å²) < 4.78 is 40.1. The van der Waals surface area contributed by atoms with Gasteiger partial charge in [-0.3, -0.25) is 9.59 Å². The van der Waals surface area contributed by atoms with E-state index in [1.165, 1.54) is 28.7 Å². The molecule has 0 radical (unpaired) electrons. The Morgan fingerprint density at radius 3 is 2.20 bits per heavy atom. The number of imide groups is 1. The zero-order chi connectivity index (χ0) is 21.3. The van der Waals surface area contributed by atoms with Crippen molar-refractivity contribution in [3.05, 3.63) is 65.7 Å². The van der Waals surface area contributed by atoms with E-state index in [2.05, 4.69) is 12.1 Å². The van der Waals surface area contributed by atoms with Crippen LogP contribution < -0.4 is 14.7 Å². The van der Waals surface area contributed by atoms with Gasteiger partial charge in [0.15, 0.2) is 6.04 Å². The molecule has 5 nitrogen and oxygen atoms in total. The van der Waals surface area contributed by atoms with E-state index in [1.54, 1.807) is 0 Å². The fraction of sp³-hybridized carbons (Fsp3) is 0.364. The lowest BCUT2D eigenvalue weighted by molar-refractivity contribution is -1.02. The van der Waals surface area contributed by atoms with E-state index < -0.39 is 29.6 Å². The summed E-state index contributed by atoms with van der Waals surface area (Å²) in [6.07, 6.45) is -4.68. The third-order valence-electron chi connectivity index (χ3n) is 5.99. The number of nitrogens with one attached hydrogen (secondary N) is 2. The molecule has 0 bridgehead atoms. The van der Waals surface area contributed by atoms with Gasteiger partial charge in [0.2, 0.25) is 5.91 Å². The first-order chi connectivity index (χ1) is 14.3. The largest absolute Gasteiger partial charge is 0.418 e. The van der Waals surface area contributed by atoms with Gasteiger partial charge in [-0.05, 0) is 12.1 Å². The Balaban J connectivity index is 1.44. The van der Waals surface area contributed by atoms with Gasteiger partial charge >= 0.3 is 6.18 Å². The normalized spacial score (nSPS) is 25.0. The van der Waals surface area contributed by atoms with Crippen LogP contribution in [0.25, 0.3) is 0 Å². The molecule has 2 fully saturated rings. The molecule has 4 rings (SSSR count). The molecule has 2 heterocycles. The van der Waals surface area contributed by atoms with Crippen molar-refractivity contribution in [3.8, 4) is 0 Å². The second-order valence-corrected chi connectivity index (χ2v) is 7.91. The fourth-order valence-electron chi connectivity index (χ4n) is 4.45. The molecule has 0 aromatic heterocycles. The van der Waals surface area contributed by atoms with Gasteiger partial charge in [-0.25, -0.2) is 4.90 Å². The minimum atomic E-state index is -4.63. The first-order valence-electron chi connectivity index (χ1n) is 10.1. The number of hydrogen-bond donors (Lipinski definition) is 2. The molecule has 8 heteroatoms. The number of carbonyl (C=O) groups is 2. The van der Waals surface area contributed by atoms with E-state index in [-0.39, 0.29) is 12.1 Å². The molecule has 0 saturated carbocycles. The van der Waals surface area contributed by atoms with Crippen molar-refractivity contribution < 1.29 is 32.6 Å². The molecule has 0 unspecified atom stereocenters. The summed E-state index contributed by atoms with van der Waals surface area (Å²) in [6.45, 7) is 4.01. The summed E-state index contributed by atoms with van der Waals surface area (Å²) >= 11 is 0. The van der Waals surface area contributed by atoms with Crippen LogP contribution in [0.5, 0.6) is 0 Å². The Kier molecular flexibility index (Phi) is 5.62. The molecule has 2 amide bonds. The zero-order valence-corrected chi connectivity index (χ0v) is 16.4. The number of hydrogen-bond acceptors (Lipinski definition) is 2. The van der Waals surface area contributed by atoms with Crippen molar-refractivity contribution in [2.75, 3.05) is 31.1 Å². The Morgan fingerprint density at radius 1 is 0.900 bits per heavy atom. The van der Waals surface area contributed by atoms with Crippen molar-refractivity contribution in [1.82, 2.24) is 0 Å². The molecule has 2 aromatic carbocycles. The molecule has 2 N–H and O–H groups in total. The van der Waals surface area contributed by atoms with Crippen LogP contribution in [-0.2, 0) is 22.3 Å². The maximum Gasteiger partial charge on any atom is 0.418 e. The molecular weight excluding hydrogens is 395 g/mol. The highest BCUT2D eigenvalue weighted by Gasteiger charge is 2.49. The monoisotopic (exact) mass is 419 g/mol. The molecule has 0 spiro atoms. The minimum absolute atomic E-state index is 0.0472. The topological polar surface area (TPSA) is 46.3 Å². The van der Waals surface area contributed by atoms with E-state index in [0.717, 1.165) is 35.5 Å². The number of carbonyl (C=O) groups excluding carboxylic acids is 2. The van der Waals surface area contributed by atoms with Crippen LogP contribution in [-0.4, -0.2) is 44.0 Å². The Morgan fingerprint density at radius 2 is 1.53 bits per heavy atom.